The number of fused-ring (bicyclic) bond motifs is 1. The van der Waals surface area contributed by atoms with Crippen LogP contribution in [0.2, 0.25) is 10.0 Å². The van der Waals surface area contributed by atoms with E-state index in [4.69, 9.17) is 23.2 Å². The second kappa shape index (κ2) is 7.64. The molecule has 2 aromatic carbocycles. The van der Waals surface area contributed by atoms with E-state index in [1.54, 1.807) is 12.1 Å². The third kappa shape index (κ3) is 4.43. The van der Waals surface area contributed by atoms with Gasteiger partial charge in [0.15, 0.2) is 4.34 Å². The van der Waals surface area contributed by atoms with Crippen molar-refractivity contribution in [2.45, 2.75) is 10.5 Å². The summed E-state index contributed by atoms with van der Waals surface area (Å²) >= 11 is 14.2. The van der Waals surface area contributed by atoms with E-state index in [1.807, 2.05) is 6.07 Å². The summed E-state index contributed by atoms with van der Waals surface area (Å²) in [4.78, 5) is 16.4. The number of aromatic nitrogens is 1. The lowest BCUT2D eigenvalue weighted by Crippen LogP contribution is -2.18. The van der Waals surface area contributed by atoms with Gasteiger partial charge in [-0.25, -0.2) is 4.98 Å². The zero-order valence-electron chi connectivity index (χ0n) is 12.7. The minimum Gasteiger partial charge on any atom is -0.324 e. The Morgan fingerprint density at radius 3 is 2.73 bits per heavy atom. The second-order valence-electron chi connectivity index (χ2n) is 5.09. The summed E-state index contributed by atoms with van der Waals surface area (Å²) in [6.45, 7) is 0. The molecule has 136 valence electrons. The maximum Gasteiger partial charge on any atom is 0.418 e. The van der Waals surface area contributed by atoms with Crippen LogP contribution < -0.4 is 5.32 Å². The van der Waals surface area contributed by atoms with Crippen molar-refractivity contribution in [1.82, 2.24) is 4.98 Å². The summed E-state index contributed by atoms with van der Waals surface area (Å²) in [6, 6.07) is 8.60. The summed E-state index contributed by atoms with van der Waals surface area (Å²) in [5, 5.41) is 2.62. The second-order valence-corrected chi connectivity index (χ2v) is 8.19. The third-order valence-corrected chi connectivity index (χ3v) is 5.97. The molecule has 3 rings (SSSR count). The molecule has 26 heavy (non-hydrogen) atoms. The van der Waals surface area contributed by atoms with Crippen LogP contribution >= 0.6 is 46.3 Å². The molecule has 0 aliphatic rings. The number of thiazole rings is 1. The van der Waals surface area contributed by atoms with Gasteiger partial charge in [-0.15, -0.1) is 11.3 Å². The van der Waals surface area contributed by atoms with E-state index >= 15 is 0 Å². The van der Waals surface area contributed by atoms with E-state index in [1.165, 1.54) is 23.5 Å². The number of nitrogens with one attached hydrogen (secondary N) is 1. The maximum atomic E-state index is 13.0. The molecule has 10 heteroatoms. The lowest BCUT2D eigenvalue weighted by molar-refractivity contribution is -0.137. The molecule has 0 aliphatic carbocycles. The van der Waals surface area contributed by atoms with E-state index in [0.717, 1.165) is 22.5 Å². The van der Waals surface area contributed by atoms with Crippen LogP contribution in [-0.4, -0.2) is 16.6 Å². The number of rotatable bonds is 4. The van der Waals surface area contributed by atoms with Crippen LogP contribution in [0.25, 0.3) is 10.2 Å². The standard InChI is InChI=1S/C16H9Cl2F3N2OS2/c17-8-4-5-12-11(6-8)22-15(26-12)25-7-13(24)23-14-9(16(19,20)21)2-1-3-10(14)18/h1-6H,7H2,(H,23,24). The minimum atomic E-state index is -4.62. The highest BCUT2D eigenvalue weighted by Crippen LogP contribution is 2.38. The molecule has 0 atom stereocenters. The molecule has 0 bridgehead atoms. The van der Waals surface area contributed by atoms with Crippen molar-refractivity contribution < 1.29 is 18.0 Å². The number of halogens is 5. The van der Waals surface area contributed by atoms with Crippen molar-refractivity contribution in [2.75, 3.05) is 11.1 Å². The average molecular weight is 437 g/mol. The molecule has 0 saturated carbocycles. The van der Waals surface area contributed by atoms with Gasteiger partial charge in [0.05, 0.1) is 32.2 Å². The Hall–Kier alpha value is -1.48. The Morgan fingerprint density at radius 2 is 2.00 bits per heavy atom. The number of hydrogen-bond acceptors (Lipinski definition) is 4. The molecule has 1 aromatic heterocycles. The Morgan fingerprint density at radius 1 is 1.23 bits per heavy atom. The number of carbonyl (C=O) groups excluding carboxylic acids is 1. The van der Waals surface area contributed by atoms with Crippen LogP contribution in [0.5, 0.6) is 0 Å². The monoisotopic (exact) mass is 436 g/mol. The quantitative estimate of drug-likeness (QED) is 0.484. The van der Waals surface area contributed by atoms with Gasteiger partial charge in [0.1, 0.15) is 0 Å². The molecular weight excluding hydrogens is 428 g/mol. The predicted molar refractivity (Wildman–Crippen MR) is 100 cm³/mol. The van der Waals surface area contributed by atoms with Crippen LogP contribution in [0, 0.1) is 0 Å². The summed E-state index contributed by atoms with van der Waals surface area (Å²) in [5.41, 5.74) is -0.725. The fourth-order valence-corrected chi connectivity index (χ4v) is 4.37. The van der Waals surface area contributed by atoms with E-state index in [0.29, 0.717) is 14.9 Å². The number of benzene rings is 2. The Kier molecular flexibility index (Phi) is 5.67. The van der Waals surface area contributed by atoms with E-state index in [-0.39, 0.29) is 10.8 Å². The molecule has 0 fully saturated rings. The normalized spacial score (nSPS) is 11.7. The lowest BCUT2D eigenvalue weighted by atomic mass is 10.1. The van der Waals surface area contributed by atoms with Crippen LogP contribution in [0.15, 0.2) is 40.7 Å². The van der Waals surface area contributed by atoms with Crippen molar-refractivity contribution in [2.24, 2.45) is 0 Å². The number of nitrogens with zero attached hydrogens (tertiary/aromatic N) is 1. The number of hydrogen-bond donors (Lipinski definition) is 1. The zero-order valence-corrected chi connectivity index (χ0v) is 15.9. The first-order valence-electron chi connectivity index (χ1n) is 7.08. The van der Waals surface area contributed by atoms with Crippen LogP contribution in [0.1, 0.15) is 5.56 Å². The highest BCUT2D eigenvalue weighted by Gasteiger charge is 2.34. The number of anilines is 1. The molecule has 1 N–H and O–H groups in total. The van der Waals surface area contributed by atoms with E-state index in [9.17, 15) is 18.0 Å². The van der Waals surface area contributed by atoms with Gasteiger partial charge in [0, 0.05) is 5.02 Å². The number of alkyl halides is 3. The van der Waals surface area contributed by atoms with E-state index in [2.05, 4.69) is 10.3 Å². The summed E-state index contributed by atoms with van der Waals surface area (Å²) in [5.74, 6) is -0.707. The fraction of sp³-hybridized carbons (Fsp3) is 0.125. The van der Waals surface area contributed by atoms with E-state index < -0.39 is 23.3 Å². The van der Waals surface area contributed by atoms with Crippen molar-refractivity contribution in [3.05, 3.63) is 52.0 Å². The molecule has 0 radical (unpaired) electrons. The fourth-order valence-electron chi connectivity index (χ4n) is 2.13. The molecule has 0 unspecified atom stereocenters. The smallest absolute Gasteiger partial charge is 0.324 e. The topological polar surface area (TPSA) is 42.0 Å². The SMILES string of the molecule is O=C(CSc1nc2cc(Cl)ccc2s1)Nc1c(Cl)cccc1C(F)(F)F. The first-order chi connectivity index (χ1) is 12.2. The highest BCUT2D eigenvalue weighted by molar-refractivity contribution is 8.01. The van der Waals surface area contributed by atoms with Gasteiger partial charge in [-0.05, 0) is 30.3 Å². The molecule has 3 aromatic rings. The number of para-hydroxylation sites is 1. The molecule has 0 aliphatic heterocycles. The average Bonchev–Trinajstić information content (AvgIpc) is 2.95. The summed E-state index contributed by atoms with van der Waals surface area (Å²) in [6.07, 6.45) is -4.62. The molecule has 1 amide bonds. The molecule has 1 heterocycles. The number of carbonyl (C=O) groups is 1. The Labute approximate surface area is 164 Å². The van der Waals surface area contributed by atoms with Gasteiger partial charge < -0.3 is 5.32 Å². The van der Waals surface area contributed by atoms with Crippen molar-refractivity contribution >= 4 is 68.1 Å². The van der Waals surface area contributed by atoms with Crippen molar-refractivity contribution in [1.29, 1.82) is 0 Å². The maximum absolute atomic E-state index is 13.0. The Balaban J connectivity index is 1.71. The first-order valence-corrected chi connectivity index (χ1v) is 9.64. The van der Waals surface area contributed by atoms with Gasteiger partial charge in [-0.3, -0.25) is 4.79 Å². The summed E-state index contributed by atoms with van der Waals surface area (Å²) in [7, 11) is 0. The largest absolute Gasteiger partial charge is 0.418 e. The highest BCUT2D eigenvalue weighted by atomic mass is 35.5. The molecule has 3 nitrogen and oxygen atoms in total. The Bertz CT molecular complexity index is 976. The van der Waals surface area contributed by atoms with Gasteiger partial charge in [-0.2, -0.15) is 13.2 Å². The zero-order chi connectivity index (χ0) is 18.9. The van der Waals surface area contributed by atoms with Crippen molar-refractivity contribution in [3.63, 3.8) is 0 Å². The van der Waals surface area contributed by atoms with Gasteiger partial charge in [0.2, 0.25) is 5.91 Å². The van der Waals surface area contributed by atoms with Crippen LogP contribution in [0.4, 0.5) is 18.9 Å². The number of amides is 1. The first kappa shape index (κ1) is 19.3. The molecule has 0 saturated heterocycles. The van der Waals surface area contributed by atoms with Crippen molar-refractivity contribution in [3.8, 4) is 0 Å². The predicted octanol–water partition coefficient (Wildman–Crippen LogP) is 6.35. The van der Waals surface area contributed by atoms with Gasteiger partial charge in [0.25, 0.3) is 0 Å². The van der Waals surface area contributed by atoms with Crippen LogP contribution in [0.3, 0.4) is 0 Å². The number of thioether (sulfide) groups is 1. The molecular formula is C16H9Cl2F3N2OS2. The van der Waals surface area contributed by atoms with Gasteiger partial charge >= 0.3 is 6.18 Å². The lowest BCUT2D eigenvalue weighted by Gasteiger charge is -2.14. The third-order valence-electron chi connectivity index (χ3n) is 3.24. The molecule has 0 spiro atoms. The summed E-state index contributed by atoms with van der Waals surface area (Å²) < 4.78 is 40.7. The van der Waals surface area contributed by atoms with Crippen LogP contribution in [-0.2, 0) is 11.0 Å². The minimum absolute atomic E-state index is 0.101. The van der Waals surface area contributed by atoms with Gasteiger partial charge in [-0.1, -0.05) is 41.0 Å².